The van der Waals surface area contributed by atoms with Crippen molar-refractivity contribution in [3.05, 3.63) is 0 Å². The quantitative estimate of drug-likeness (QED) is 0.530. The number of likely N-dealkylation sites (tertiary alicyclic amines) is 1. The maximum Gasteiger partial charge on any atom is 0.326 e. The molecule has 2 aliphatic carbocycles. The molecule has 3 rings (SSSR count). The van der Waals surface area contributed by atoms with Crippen LogP contribution in [0.4, 0.5) is 0 Å². The molecule has 7 atom stereocenters. The number of carboxylic acid groups (broad SMARTS) is 1. The first-order valence-electron chi connectivity index (χ1n) is 7.78. The first-order valence-corrected chi connectivity index (χ1v) is 9.61. The van der Waals surface area contributed by atoms with E-state index in [2.05, 4.69) is 31.9 Å². The SMILES string of the molecule is CCCC[C@H](C(=O)O)N1C(=O)[C@@H]2[C@H]3C[C@@H]([C@@H](Br)[C@H]3Br)[C@H]2C1=O. The van der Waals surface area contributed by atoms with E-state index in [4.69, 9.17) is 0 Å². The second-order valence-corrected chi connectivity index (χ2v) is 8.66. The minimum Gasteiger partial charge on any atom is -0.480 e. The largest absolute Gasteiger partial charge is 0.480 e. The van der Waals surface area contributed by atoms with Crippen LogP contribution in [0.3, 0.4) is 0 Å². The molecule has 1 aliphatic heterocycles. The molecule has 2 amide bonds. The van der Waals surface area contributed by atoms with Crippen molar-refractivity contribution in [2.75, 3.05) is 0 Å². The van der Waals surface area contributed by atoms with Crippen LogP contribution in [-0.2, 0) is 14.4 Å². The fraction of sp³-hybridized carbons (Fsp3) is 0.800. The first-order chi connectivity index (χ1) is 10.4. The Morgan fingerprint density at radius 2 is 1.73 bits per heavy atom. The summed E-state index contributed by atoms with van der Waals surface area (Å²) in [6, 6.07) is -1.01. The summed E-state index contributed by atoms with van der Waals surface area (Å²) in [6.07, 6.45) is 2.73. The van der Waals surface area contributed by atoms with Crippen LogP contribution in [0.5, 0.6) is 0 Å². The number of carboxylic acids is 1. The maximum atomic E-state index is 12.8. The molecule has 22 heavy (non-hydrogen) atoms. The number of carbonyl (C=O) groups is 3. The summed E-state index contributed by atoms with van der Waals surface area (Å²) >= 11 is 7.25. The summed E-state index contributed by atoms with van der Waals surface area (Å²) in [7, 11) is 0. The number of carbonyl (C=O) groups excluding carboxylic acids is 2. The fourth-order valence-electron chi connectivity index (χ4n) is 4.44. The standard InChI is InChI=1S/C15H19Br2NO4/c1-2-3-4-8(15(21)22)18-13(19)9-6-5-7(10(9)14(18)20)12(17)11(6)16/h6-12H,2-5H2,1H3,(H,21,22)/t6-,7-,8-,9-,10-,11-,12+/m1/s1. The monoisotopic (exact) mass is 435 g/mol. The molecule has 2 saturated carbocycles. The van der Waals surface area contributed by atoms with Crippen molar-refractivity contribution in [3.8, 4) is 0 Å². The van der Waals surface area contributed by atoms with Gasteiger partial charge < -0.3 is 5.11 Å². The van der Waals surface area contributed by atoms with Gasteiger partial charge in [0.25, 0.3) is 0 Å². The number of rotatable bonds is 5. The van der Waals surface area contributed by atoms with E-state index in [1.54, 1.807) is 0 Å². The lowest BCUT2D eigenvalue weighted by Crippen LogP contribution is -2.46. The highest BCUT2D eigenvalue weighted by Crippen LogP contribution is 2.60. The molecular weight excluding hydrogens is 418 g/mol. The molecule has 122 valence electrons. The zero-order valence-electron chi connectivity index (χ0n) is 12.2. The molecule has 2 bridgehead atoms. The molecule has 0 spiro atoms. The van der Waals surface area contributed by atoms with E-state index in [9.17, 15) is 19.5 Å². The van der Waals surface area contributed by atoms with E-state index in [-0.39, 0.29) is 45.1 Å². The lowest BCUT2D eigenvalue weighted by molar-refractivity contribution is -0.155. The van der Waals surface area contributed by atoms with E-state index in [0.717, 1.165) is 17.7 Å². The van der Waals surface area contributed by atoms with Crippen molar-refractivity contribution in [2.45, 2.75) is 48.3 Å². The second-order valence-electron chi connectivity index (χ2n) is 6.55. The van der Waals surface area contributed by atoms with Gasteiger partial charge >= 0.3 is 5.97 Å². The molecule has 5 nitrogen and oxygen atoms in total. The molecule has 0 aromatic heterocycles. The lowest BCUT2D eigenvalue weighted by Gasteiger charge is -2.28. The predicted molar refractivity (Wildman–Crippen MR) is 86.8 cm³/mol. The third-order valence-electron chi connectivity index (χ3n) is 5.45. The van der Waals surface area contributed by atoms with Gasteiger partial charge in [0.15, 0.2) is 0 Å². The fourth-order valence-corrected chi connectivity index (χ4v) is 6.31. The van der Waals surface area contributed by atoms with E-state index < -0.39 is 12.0 Å². The van der Waals surface area contributed by atoms with E-state index >= 15 is 0 Å². The van der Waals surface area contributed by atoms with Gasteiger partial charge in [-0.25, -0.2) is 4.79 Å². The number of aliphatic carboxylic acids is 1. The number of halogens is 2. The number of alkyl halides is 2. The third-order valence-corrected chi connectivity index (χ3v) is 8.66. The molecule has 1 saturated heterocycles. The molecule has 0 aromatic rings. The van der Waals surface area contributed by atoms with Crippen molar-refractivity contribution in [1.29, 1.82) is 0 Å². The van der Waals surface area contributed by atoms with E-state index in [1.807, 2.05) is 6.92 Å². The zero-order chi connectivity index (χ0) is 16.2. The topological polar surface area (TPSA) is 74.7 Å². The Hall–Kier alpha value is -0.430. The van der Waals surface area contributed by atoms with Gasteiger partial charge in [-0.3, -0.25) is 14.5 Å². The molecule has 1 N–H and O–H groups in total. The number of hydrogen-bond acceptors (Lipinski definition) is 3. The van der Waals surface area contributed by atoms with Crippen LogP contribution in [0.1, 0.15) is 32.6 Å². The third kappa shape index (κ3) is 2.19. The Bertz CT molecular complexity index is 494. The zero-order valence-corrected chi connectivity index (χ0v) is 15.4. The van der Waals surface area contributed by atoms with Crippen LogP contribution in [0.25, 0.3) is 0 Å². The summed E-state index contributed by atoms with van der Waals surface area (Å²) in [5.74, 6) is -2.03. The van der Waals surface area contributed by atoms with E-state index in [1.165, 1.54) is 0 Å². The van der Waals surface area contributed by atoms with Crippen LogP contribution in [0.2, 0.25) is 0 Å². The van der Waals surface area contributed by atoms with Crippen LogP contribution >= 0.6 is 31.9 Å². The Balaban J connectivity index is 1.88. The molecular formula is C15H19Br2NO4. The second kappa shape index (κ2) is 5.89. The highest BCUT2D eigenvalue weighted by atomic mass is 79.9. The number of hydrogen-bond donors (Lipinski definition) is 1. The van der Waals surface area contributed by atoms with Gasteiger partial charge in [0, 0.05) is 9.65 Å². The summed E-state index contributed by atoms with van der Waals surface area (Å²) < 4.78 is 0. The molecule has 7 heteroatoms. The van der Waals surface area contributed by atoms with E-state index in [0.29, 0.717) is 12.8 Å². The highest BCUT2D eigenvalue weighted by Gasteiger charge is 2.67. The molecule has 3 fully saturated rings. The number of amides is 2. The lowest BCUT2D eigenvalue weighted by atomic mass is 9.81. The Kier molecular flexibility index (Phi) is 4.40. The Morgan fingerprint density at radius 1 is 1.23 bits per heavy atom. The summed E-state index contributed by atoms with van der Waals surface area (Å²) in [6.45, 7) is 1.96. The van der Waals surface area contributed by atoms with Crippen LogP contribution in [-0.4, -0.2) is 43.5 Å². The highest BCUT2D eigenvalue weighted by molar-refractivity contribution is 9.12. The number of unbranched alkanes of at least 4 members (excludes halogenated alkanes) is 1. The van der Waals surface area contributed by atoms with Crippen LogP contribution in [0.15, 0.2) is 0 Å². The average molecular weight is 437 g/mol. The number of fused-ring (bicyclic) bond motifs is 5. The molecule has 3 aliphatic rings. The van der Waals surface area contributed by atoms with Crippen LogP contribution < -0.4 is 0 Å². The van der Waals surface area contributed by atoms with Gasteiger partial charge in [-0.05, 0) is 24.7 Å². The van der Waals surface area contributed by atoms with Crippen molar-refractivity contribution < 1.29 is 19.5 Å². The summed E-state index contributed by atoms with van der Waals surface area (Å²) in [4.78, 5) is 38.5. The van der Waals surface area contributed by atoms with Gasteiger partial charge in [0.2, 0.25) is 11.8 Å². The summed E-state index contributed by atoms with van der Waals surface area (Å²) in [5, 5.41) is 9.45. The van der Waals surface area contributed by atoms with Crippen molar-refractivity contribution >= 4 is 49.6 Å². The molecule has 1 heterocycles. The molecule has 0 aromatic carbocycles. The minimum atomic E-state index is -1.08. The van der Waals surface area contributed by atoms with Crippen molar-refractivity contribution in [3.63, 3.8) is 0 Å². The Morgan fingerprint density at radius 3 is 2.14 bits per heavy atom. The smallest absolute Gasteiger partial charge is 0.326 e. The van der Waals surface area contributed by atoms with Gasteiger partial charge in [0.1, 0.15) is 6.04 Å². The van der Waals surface area contributed by atoms with Gasteiger partial charge in [0.05, 0.1) is 11.8 Å². The van der Waals surface area contributed by atoms with Crippen molar-refractivity contribution in [2.24, 2.45) is 23.7 Å². The number of imide groups is 1. The van der Waals surface area contributed by atoms with Crippen molar-refractivity contribution in [1.82, 2.24) is 4.90 Å². The number of nitrogens with zero attached hydrogens (tertiary/aromatic N) is 1. The average Bonchev–Trinajstić information content (AvgIpc) is 3.06. The van der Waals surface area contributed by atoms with Gasteiger partial charge in [-0.1, -0.05) is 51.6 Å². The molecule has 0 radical (unpaired) electrons. The van der Waals surface area contributed by atoms with Gasteiger partial charge in [-0.2, -0.15) is 0 Å². The molecule has 0 unspecified atom stereocenters. The van der Waals surface area contributed by atoms with Crippen LogP contribution in [0, 0.1) is 23.7 Å². The normalized spacial score (nSPS) is 41.1. The Labute approximate surface area is 146 Å². The predicted octanol–water partition coefficient (Wildman–Crippen LogP) is 2.41. The maximum absolute atomic E-state index is 12.8. The van der Waals surface area contributed by atoms with Gasteiger partial charge in [-0.15, -0.1) is 0 Å². The summed E-state index contributed by atoms with van der Waals surface area (Å²) in [5.41, 5.74) is 0. The first kappa shape index (κ1) is 16.4. The minimum absolute atomic E-state index is 0.126.